The number of ether oxygens (including phenoxy) is 1. The Hall–Kier alpha value is -0.710. The van der Waals surface area contributed by atoms with E-state index in [-0.39, 0.29) is 0 Å². The van der Waals surface area contributed by atoms with Gasteiger partial charge in [-0.15, -0.1) is 0 Å². The quantitative estimate of drug-likeness (QED) is 0.745. The molecule has 0 aliphatic heterocycles. The summed E-state index contributed by atoms with van der Waals surface area (Å²) in [4.78, 5) is 0. The average molecular weight is 391 g/mol. The summed E-state index contributed by atoms with van der Waals surface area (Å²) in [6.07, 6.45) is 0. The Morgan fingerprint density at radius 3 is 2.61 bits per heavy atom. The summed E-state index contributed by atoms with van der Waals surface area (Å²) in [5.74, 6) is 0.762. The van der Waals surface area contributed by atoms with Crippen LogP contribution in [-0.2, 0) is 6.61 Å². The van der Waals surface area contributed by atoms with Gasteiger partial charge in [0.2, 0.25) is 0 Å². The van der Waals surface area contributed by atoms with Crippen molar-refractivity contribution in [3.63, 3.8) is 0 Å². The first-order chi connectivity index (χ1) is 8.56. The molecule has 2 rings (SSSR count). The molecule has 0 heterocycles. The fourth-order valence-corrected chi connectivity index (χ4v) is 2.80. The summed E-state index contributed by atoms with van der Waals surface area (Å²) in [6, 6.07) is 11.1. The van der Waals surface area contributed by atoms with Gasteiger partial charge in [0.25, 0.3) is 0 Å². The second kappa shape index (κ2) is 5.95. The Labute approximate surface area is 127 Å². The molecule has 0 bridgehead atoms. The average Bonchev–Trinajstić information content (AvgIpc) is 2.32. The molecule has 0 unspecified atom stereocenters. The van der Waals surface area contributed by atoms with E-state index in [9.17, 15) is 0 Å². The molecule has 0 aliphatic rings. The minimum Gasteiger partial charge on any atom is -0.488 e. The van der Waals surface area contributed by atoms with Gasteiger partial charge in [-0.25, -0.2) is 0 Å². The van der Waals surface area contributed by atoms with Crippen molar-refractivity contribution in [2.75, 3.05) is 5.73 Å². The first-order valence-electron chi connectivity index (χ1n) is 5.18. The van der Waals surface area contributed by atoms with Gasteiger partial charge in [0, 0.05) is 20.7 Å². The molecule has 2 aromatic carbocycles. The fourth-order valence-electron chi connectivity index (χ4n) is 1.45. The van der Waals surface area contributed by atoms with Gasteiger partial charge in [0.05, 0.1) is 4.47 Å². The van der Waals surface area contributed by atoms with Crippen molar-refractivity contribution in [2.45, 2.75) is 6.61 Å². The Bertz CT molecular complexity index is 575. The standard InChI is InChI=1S/C13H10Br2ClNO/c14-9-1-4-13(11(15)6-9)18-7-8-5-10(16)2-3-12(8)17/h1-6H,7,17H2. The zero-order valence-electron chi connectivity index (χ0n) is 9.29. The second-order valence-electron chi connectivity index (χ2n) is 3.71. The molecule has 0 aliphatic carbocycles. The summed E-state index contributed by atoms with van der Waals surface area (Å²) < 4.78 is 7.58. The van der Waals surface area contributed by atoms with Crippen LogP contribution in [0.2, 0.25) is 5.02 Å². The zero-order chi connectivity index (χ0) is 13.1. The third-order valence-electron chi connectivity index (χ3n) is 2.38. The van der Waals surface area contributed by atoms with Gasteiger partial charge in [0.15, 0.2) is 0 Å². The molecule has 0 saturated heterocycles. The van der Waals surface area contributed by atoms with E-state index in [0.29, 0.717) is 17.3 Å². The van der Waals surface area contributed by atoms with Crippen molar-refractivity contribution in [1.29, 1.82) is 0 Å². The summed E-state index contributed by atoms with van der Waals surface area (Å²) in [5, 5.41) is 0.651. The number of benzene rings is 2. The zero-order valence-corrected chi connectivity index (χ0v) is 13.2. The minimum absolute atomic E-state index is 0.382. The van der Waals surface area contributed by atoms with E-state index < -0.39 is 0 Å². The lowest BCUT2D eigenvalue weighted by atomic mass is 10.2. The van der Waals surface area contributed by atoms with Crippen molar-refractivity contribution in [2.24, 2.45) is 0 Å². The highest BCUT2D eigenvalue weighted by Crippen LogP contribution is 2.29. The van der Waals surface area contributed by atoms with Crippen LogP contribution in [0.4, 0.5) is 5.69 Å². The van der Waals surface area contributed by atoms with E-state index in [1.54, 1.807) is 12.1 Å². The highest BCUT2D eigenvalue weighted by atomic mass is 79.9. The van der Waals surface area contributed by atoms with E-state index in [1.165, 1.54) is 0 Å². The number of hydrogen-bond donors (Lipinski definition) is 1. The SMILES string of the molecule is Nc1ccc(Cl)cc1COc1ccc(Br)cc1Br. The molecule has 5 heteroatoms. The smallest absolute Gasteiger partial charge is 0.134 e. The van der Waals surface area contributed by atoms with E-state index >= 15 is 0 Å². The number of anilines is 1. The Kier molecular flexibility index (Phi) is 4.54. The number of hydrogen-bond acceptors (Lipinski definition) is 2. The molecule has 0 amide bonds. The highest BCUT2D eigenvalue weighted by Gasteiger charge is 2.05. The summed E-state index contributed by atoms with van der Waals surface area (Å²) in [7, 11) is 0. The van der Waals surface area contributed by atoms with Gasteiger partial charge in [-0.2, -0.15) is 0 Å². The van der Waals surface area contributed by atoms with Gasteiger partial charge in [0.1, 0.15) is 12.4 Å². The van der Waals surface area contributed by atoms with Crippen molar-refractivity contribution in [3.8, 4) is 5.75 Å². The first-order valence-corrected chi connectivity index (χ1v) is 7.14. The van der Waals surface area contributed by atoms with Crippen LogP contribution < -0.4 is 10.5 Å². The molecule has 2 N–H and O–H groups in total. The number of halogens is 3. The maximum absolute atomic E-state index is 5.92. The van der Waals surface area contributed by atoms with Gasteiger partial charge in [-0.3, -0.25) is 0 Å². The lowest BCUT2D eigenvalue weighted by Crippen LogP contribution is -2.00. The summed E-state index contributed by atoms with van der Waals surface area (Å²) in [6.45, 7) is 0.382. The van der Waals surface area contributed by atoms with E-state index in [2.05, 4.69) is 31.9 Å². The predicted molar refractivity (Wildman–Crippen MR) is 82.0 cm³/mol. The fraction of sp³-hybridized carbons (Fsp3) is 0.0769. The van der Waals surface area contributed by atoms with Crippen LogP contribution in [0.15, 0.2) is 45.3 Å². The largest absolute Gasteiger partial charge is 0.488 e. The molecule has 94 valence electrons. The van der Waals surface area contributed by atoms with Crippen molar-refractivity contribution in [1.82, 2.24) is 0 Å². The number of rotatable bonds is 3. The molecule has 0 fully saturated rings. The molecular formula is C13H10Br2ClNO. The molecule has 2 aromatic rings. The third-order valence-corrected chi connectivity index (χ3v) is 3.73. The van der Waals surface area contributed by atoms with E-state index in [1.807, 2.05) is 24.3 Å². The molecule has 0 saturated carbocycles. The van der Waals surface area contributed by atoms with Crippen molar-refractivity contribution < 1.29 is 4.74 Å². The Morgan fingerprint density at radius 2 is 1.89 bits per heavy atom. The molecule has 0 radical (unpaired) electrons. The van der Waals surface area contributed by atoms with Gasteiger partial charge >= 0.3 is 0 Å². The van der Waals surface area contributed by atoms with Crippen LogP contribution in [0.25, 0.3) is 0 Å². The Morgan fingerprint density at radius 1 is 1.11 bits per heavy atom. The van der Waals surface area contributed by atoms with Crippen molar-refractivity contribution >= 4 is 49.1 Å². The third kappa shape index (κ3) is 3.40. The molecule has 0 spiro atoms. The number of nitrogen functional groups attached to an aromatic ring is 1. The lowest BCUT2D eigenvalue weighted by molar-refractivity contribution is 0.305. The monoisotopic (exact) mass is 389 g/mol. The normalized spacial score (nSPS) is 10.4. The maximum atomic E-state index is 5.92. The summed E-state index contributed by atoms with van der Waals surface area (Å²) >= 11 is 12.8. The molecular weight excluding hydrogens is 381 g/mol. The van der Waals surface area contributed by atoms with Gasteiger partial charge < -0.3 is 10.5 Å². The minimum atomic E-state index is 0.382. The molecule has 0 aromatic heterocycles. The van der Waals surface area contributed by atoms with Crippen LogP contribution in [0.3, 0.4) is 0 Å². The molecule has 2 nitrogen and oxygen atoms in total. The van der Waals surface area contributed by atoms with Crippen LogP contribution in [-0.4, -0.2) is 0 Å². The Balaban J connectivity index is 2.13. The van der Waals surface area contributed by atoms with Crippen LogP contribution in [0.5, 0.6) is 5.75 Å². The van der Waals surface area contributed by atoms with Gasteiger partial charge in [-0.1, -0.05) is 27.5 Å². The maximum Gasteiger partial charge on any atom is 0.134 e. The predicted octanol–water partition coefficient (Wildman–Crippen LogP) is 5.03. The van der Waals surface area contributed by atoms with Crippen LogP contribution >= 0.6 is 43.5 Å². The van der Waals surface area contributed by atoms with Crippen molar-refractivity contribution in [3.05, 3.63) is 55.9 Å². The summed E-state index contributed by atoms with van der Waals surface area (Å²) in [5.41, 5.74) is 7.40. The van der Waals surface area contributed by atoms with Gasteiger partial charge in [-0.05, 0) is 52.3 Å². The molecule has 0 atom stereocenters. The lowest BCUT2D eigenvalue weighted by Gasteiger charge is -2.10. The van der Waals surface area contributed by atoms with Crippen LogP contribution in [0.1, 0.15) is 5.56 Å². The first kappa shape index (κ1) is 13.7. The van der Waals surface area contributed by atoms with E-state index in [4.69, 9.17) is 22.1 Å². The number of nitrogens with two attached hydrogens (primary N) is 1. The van der Waals surface area contributed by atoms with E-state index in [0.717, 1.165) is 20.3 Å². The van der Waals surface area contributed by atoms with Crippen LogP contribution in [0, 0.1) is 0 Å². The topological polar surface area (TPSA) is 35.2 Å². The second-order valence-corrected chi connectivity index (χ2v) is 5.91. The highest BCUT2D eigenvalue weighted by molar-refractivity contribution is 9.11. The molecule has 18 heavy (non-hydrogen) atoms.